The molecule has 92 valence electrons. The van der Waals surface area contributed by atoms with Crippen LogP contribution in [0.15, 0.2) is 29.4 Å². The third-order valence-electron chi connectivity index (χ3n) is 2.86. The van der Waals surface area contributed by atoms with Crippen LogP contribution in [0.3, 0.4) is 0 Å². The average Bonchev–Trinajstić information content (AvgIpc) is 2.70. The summed E-state index contributed by atoms with van der Waals surface area (Å²) >= 11 is 12.1. The fraction of sp³-hybridized carbons (Fsp3) is 0.0714. The van der Waals surface area contributed by atoms with E-state index in [1.807, 2.05) is 0 Å². The number of allylic oxidation sites excluding steroid dienone is 4. The second kappa shape index (κ2) is 4.90. The highest BCUT2D eigenvalue weighted by atomic mass is 35.5. The smallest absolute Gasteiger partial charge is 0.195 e. The number of Topliss-reactive ketones (excluding diaryl/α,β-unsaturated/α-hetero) is 1. The normalized spacial score (nSPS) is 15.1. The first-order valence-corrected chi connectivity index (χ1v) is 6.06. The number of fused-ring (bicyclic) bond motifs is 1. The molecule has 0 saturated carbocycles. The predicted molar refractivity (Wildman–Crippen MR) is 72.7 cm³/mol. The lowest BCUT2D eigenvalue weighted by Gasteiger charge is -2.04. The van der Waals surface area contributed by atoms with E-state index in [0.717, 1.165) is 0 Å². The molecular formula is C14H6Cl2N2O. The van der Waals surface area contributed by atoms with Crippen molar-refractivity contribution in [2.24, 2.45) is 0 Å². The molecule has 0 heterocycles. The molecule has 0 unspecified atom stereocenters. The number of halogens is 2. The molecule has 1 aliphatic rings. The van der Waals surface area contributed by atoms with Gasteiger partial charge >= 0.3 is 0 Å². The number of carbonyl (C=O) groups is 1. The van der Waals surface area contributed by atoms with Gasteiger partial charge in [-0.25, -0.2) is 0 Å². The van der Waals surface area contributed by atoms with Crippen molar-refractivity contribution in [3.8, 4) is 12.1 Å². The first-order valence-electron chi connectivity index (χ1n) is 5.31. The molecule has 2 rings (SSSR count). The molecule has 0 aromatic heterocycles. The number of benzene rings is 1. The lowest BCUT2D eigenvalue weighted by atomic mass is 10.00. The van der Waals surface area contributed by atoms with Gasteiger partial charge in [0.2, 0.25) is 0 Å². The van der Waals surface area contributed by atoms with Crippen LogP contribution >= 0.6 is 23.2 Å². The van der Waals surface area contributed by atoms with Gasteiger partial charge in [0.05, 0.1) is 10.6 Å². The van der Waals surface area contributed by atoms with E-state index in [2.05, 4.69) is 0 Å². The van der Waals surface area contributed by atoms with E-state index in [9.17, 15) is 4.79 Å². The van der Waals surface area contributed by atoms with Crippen LogP contribution in [-0.2, 0) is 0 Å². The summed E-state index contributed by atoms with van der Waals surface area (Å²) in [6.45, 7) is 1.66. The predicted octanol–water partition coefficient (Wildman–Crippen LogP) is 3.94. The van der Waals surface area contributed by atoms with Gasteiger partial charge in [0.25, 0.3) is 0 Å². The van der Waals surface area contributed by atoms with Crippen molar-refractivity contribution in [3.63, 3.8) is 0 Å². The first kappa shape index (κ1) is 13.4. The molecule has 0 aliphatic heterocycles. The molecule has 0 amide bonds. The van der Waals surface area contributed by atoms with Gasteiger partial charge in [0.1, 0.15) is 17.7 Å². The Morgan fingerprint density at radius 1 is 1.16 bits per heavy atom. The number of carbonyl (C=O) groups excluding carboxylic acids is 1. The Morgan fingerprint density at radius 3 is 2.16 bits per heavy atom. The summed E-state index contributed by atoms with van der Waals surface area (Å²) in [6.07, 6.45) is 1.55. The van der Waals surface area contributed by atoms with Crippen molar-refractivity contribution >= 4 is 34.6 Å². The summed E-state index contributed by atoms with van der Waals surface area (Å²) in [5, 5.41) is 18.6. The molecule has 0 bridgehead atoms. The topological polar surface area (TPSA) is 64.7 Å². The number of nitriles is 2. The number of hydrogen-bond acceptors (Lipinski definition) is 3. The third kappa shape index (κ3) is 1.85. The van der Waals surface area contributed by atoms with Gasteiger partial charge in [0, 0.05) is 21.7 Å². The second-order valence-corrected chi connectivity index (χ2v) is 4.60. The zero-order valence-electron chi connectivity index (χ0n) is 9.79. The van der Waals surface area contributed by atoms with Crippen molar-refractivity contribution in [3.05, 3.63) is 50.5 Å². The minimum Gasteiger partial charge on any atom is -0.289 e. The molecule has 0 fully saturated rings. The Hall–Kier alpha value is -2.07. The standard InChI is InChI=1S/C14H6Cl2N2O/c1-2-8-11(7(5-17)6-18)12-9(15)3-4-10(16)13(12)14(8)19/h2-4H,1H3/b8-2+. The molecular weight excluding hydrogens is 283 g/mol. The van der Waals surface area contributed by atoms with Crippen molar-refractivity contribution in [2.75, 3.05) is 0 Å². The average molecular weight is 289 g/mol. The summed E-state index contributed by atoms with van der Waals surface area (Å²) in [4.78, 5) is 12.3. The molecule has 3 nitrogen and oxygen atoms in total. The van der Waals surface area contributed by atoms with Crippen LogP contribution in [0.1, 0.15) is 22.8 Å². The van der Waals surface area contributed by atoms with Gasteiger partial charge in [-0.3, -0.25) is 4.79 Å². The largest absolute Gasteiger partial charge is 0.289 e. The second-order valence-electron chi connectivity index (χ2n) is 3.78. The van der Waals surface area contributed by atoms with Crippen LogP contribution in [-0.4, -0.2) is 5.78 Å². The maximum atomic E-state index is 12.3. The zero-order valence-corrected chi connectivity index (χ0v) is 11.3. The van der Waals surface area contributed by atoms with Crippen LogP contribution < -0.4 is 0 Å². The molecule has 1 aromatic rings. The lowest BCUT2D eigenvalue weighted by Crippen LogP contribution is -1.96. The van der Waals surface area contributed by atoms with Crippen LogP contribution in [0, 0.1) is 22.7 Å². The highest BCUT2D eigenvalue weighted by Gasteiger charge is 2.35. The fourth-order valence-electron chi connectivity index (χ4n) is 2.07. The number of rotatable bonds is 0. The van der Waals surface area contributed by atoms with Crippen molar-refractivity contribution < 1.29 is 4.79 Å². The van der Waals surface area contributed by atoms with E-state index in [4.69, 9.17) is 33.7 Å². The zero-order chi connectivity index (χ0) is 14.2. The van der Waals surface area contributed by atoms with E-state index >= 15 is 0 Å². The minimum absolute atomic E-state index is 0.149. The summed E-state index contributed by atoms with van der Waals surface area (Å²) < 4.78 is 0. The summed E-state index contributed by atoms with van der Waals surface area (Å²) in [6, 6.07) is 6.65. The summed E-state index contributed by atoms with van der Waals surface area (Å²) in [5.41, 5.74) is 1.01. The lowest BCUT2D eigenvalue weighted by molar-refractivity contribution is 0.104. The highest BCUT2D eigenvalue weighted by Crippen LogP contribution is 2.45. The molecule has 0 spiro atoms. The quantitative estimate of drug-likeness (QED) is 0.536. The van der Waals surface area contributed by atoms with Crippen LogP contribution in [0.5, 0.6) is 0 Å². The van der Waals surface area contributed by atoms with E-state index in [-0.39, 0.29) is 33.1 Å². The Morgan fingerprint density at radius 2 is 1.68 bits per heavy atom. The van der Waals surface area contributed by atoms with E-state index in [1.54, 1.807) is 31.2 Å². The Balaban J connectivity index is 3.00. The van der Waals surface area contributed by atoms with E-state index in [0.29, 0.717) is 10.6 Å². The van der Waals surface area contributed by atoms with Gasteiger partial charge in [-0.2, -0.15) is 10.5 Å². The molecule has 0 atom stereocenters. The van der Waals surface area contributed by atoms with Crippen molar-refractivity contribution in [1.82, 2.24) is 0 Å². The number of ketones is 1. The van der Waals surface area contributed by atoms with Crippen LogP contribution in [0.2, 0.25) is 10.0 Å². The summed E-state index contributed by atoms with van der Waals surface area (Å²) in [5.74, 6) is -0.317. The molecule has 5 heteroatoms. The highest BCUT2D eigenvalue weighted by molar-refractivity contribution is 6.43. The summed E-state index contributed by atoms with van der Waals surface area (Å²) in [7, 11) is 0. The first-order chi connectivity index (χ1) is 9.06. The molecule has 19 heavy (non-hydrogen) atoms. The molecule has 0 N–H and O–H groups in total. The van der Waals surface area contributed by atoms with Gasteiger partial charge in [0.15, 0.2) is 5.78 Å². The van der Waals surface area contributed by atoms with E-state index in [1.165, 1.54) is 6.07 Å². The van der Waals surface area contributed by atoms with Crippen LogP contribution in [0.4, 0.5) is 0 Å². The molecule has 1 aliphatic carbocycles. The van der Waals surface area contributed by atoms with Crippen molar-refractivity contribution in [1.29, 1.82) is 10.5 Å². The minimum atomic E-state index is -0.317. The van der Waals surface area contributed by atoms with Crippen LogP contribution in [0.25, 0.3) is 5.57 Å². The maximum Gasteiger partial charge on any atom is 0.195 e. The van der Waals surface area contributed by atoms with Gasteiger partial charge in [-0.05, 0) is 19.1 Å². The monoisotopic (exact) mass is 288 g/mol. The molecule has 0 radical (unpaired) electrons. The number of hydrogen-bond donors (Lipinski definition) is 0. The van der Waals surface area contributed by atoms with E-state index < -0.39 is 0 Å². The van der Waals surface area contributed by atoms with Gasteiger partial charge < -0.3 is 0 Å². The van der Waals surface area contributed by atoms with Gasteiger partial charge in [-0.15, -0.1) is 0 Å². The third-order valence-corrected chi connectivity index (χ3v) is 3.49. The Bertz CT molecular complexity index is 730. The Labute approximate surface area is 120 Å². The molecule has 0 saturated heterocycles. The van der Waals surface area contributed by atoms with Crippen molar-refractivity contribution in [2.45, 2.75) is 6.92 Å². The Kier molecular flexibility index (Phi) is 3.44. The number of nitrogens with zero attached hydrogens (tertiary/aromatic N) is 2. The SMILES string of the molecule is C/C=C1/C(=O)c2c(Cl)ccc(Cl)c2C1=C(C#N)C#N. The molecule has 1 aromatic carbocycles. The van der Waals surface area contributed by atoms with Gasteiger partial charge in [-0.1, -0.05) is 29.3 Å². The maximum absolute atomic E-state index is 12.3. The fourth-order valence-corrected chi connectivity index (χ4v) is 2.57.